The zero-order valence-electron chi connectivity index (χ0n) is 4.68. The maximum Gasteiger partial charge on any atom is 0.354 e. The molecule has 0 fully saturated rings. The van der Waals surface area contributed by atoms with Gasteiger partial charge < -0.3 is 14.9 Å². The number of aliphatic hydroxyl groups is 1. The van der Waals surface area contributed by atoms with E-state index in [-0.39, 0.29) is 6.47 Å². The summed E-state index contributed by atoms with van der Waals surface area (Å²) in [7, 11) is 0. The topological polar surface area (TPSA) is 101 Å². The fourth-order valence-electron chi connectivity index (χ4n) is 0.213. The molecule has 0 rings (SSSR count). The van der Waals surface area contributed by atoms with Crippen molar-refractivity contribution in [3.05, 3.63) is 0 Å². The van der Waals surface area contributed by atoms with Gasteiger partial charge in [0, 0.05) is 0 Å². The van der Waals surface area contributed by atoms with Gasteiger partial charge in [-0.3, -0.25) is 4.79 Å². The molecule has 0 heterocycles. The first kappa shape index (κ1) is 8.57. The Labute approximate surface area is 55.0 Å². The summed E-state index contributed by atoms with van der Waals surface area (Å²) in [6.07, 6.45) is -2.29. The maximum atomic E-state index is 10.1. The Hall–Kier alpha value is -1.43. The van der Waals surface area contributed by atoms with Crippen molar-refractivity contribution in [2.45, 2.75) is 6.10 Å². The number of hydrogen-bond donors (Lipinski definition) is 2. The van der Waals surface area contributed by atoms with Gasteiger partial charge in [0.25, 0.3) is 0 Å². The van der Waals surface area contributed by atoms with Gasteiger partial charge >= 0.3 is 18.4 Å². The Morgan fingerprint density at radius 3 is 2.30 bits per heavy atom. The molecular formula is C4H4O6. The lowest BCUT2D eigenvalue weighted by atomic mass is 10.4. The lowest BCUT2D eigenvalue weighted by Crippen LogP contribution is -2.30. The number of carboxylic acids is 1. The van der Waals surface area contributed by atoms with Crippen LogP contribution in [0, 0.1) is 0 Å². The molecule has 0 aromatic carbocycles. The van der Waals surface area contributed by atoms with Crippen LogP contribution in [0.15, 0.2) is 0 Å². The van der Waals surface area contributed by atoms with Crippen LogP contribution in [0.4, 0.5) is 0 Å². The monoisotopic (exact) mass is 148 g/mol. The Balaban J connectivity index is 3.94. The van der Waals surface area contributed by atoms with Crippen molar-refractivity contribution < 1.29 is 29.3 Å². The number of carboxylic acid groups (broad SMARTS) is 1. The number of aliphatic hydroxyl groups excluding tert-OH is 1. The van der Waals surface area contributed by atoms with E-state index in [1.807, 2.05) is 0 Å². The highest BCUT2D eigenvalue weighted by Gasteiger charge is 2.24. The summed E-state index contributed by atoms with van der Waals surface area (Å²) in [5.41, 5.74) is 0. The number of aliphatic carboxylic acids is 1. The second-order valence-electron chi connectivity index (χ2n) is 1.27. The number of esters is 1. The fourth-order valence-corrected chi connectivity index (χ4v) is 0.213. The van der Waals surface area contributed by atoms with Gasteiger partial charge in [0.1, 0.15) is 0 Å². The van der Waals surface area contributed by atoms with Crippen molar-refractivity contribution in [2.75, 3.05) is 0 Å². The van der Waals surface area contributed by atoms with Crippen LogP contribution in [0.2, 0.25) is 0 Å². The van der Waals surface area contributed by atoms with E-state index < -0.39 is 18.0 Å². The minimum Gasteiger partial charge on any atom is -0.479 e. The molecule has 0 saturated carbocycles. The molecule has 0 aliphatic rings. The second kappa shape index (κ2) is 3.57. The van der Waals surface area contributed by atoms with Crippen molar-refractivity contribution >= 4 is 18.4 Å². The average Bonchev–Trinajstić information content (AvgIpc) is 1.87. The van der Waals surface area contributed by atoms with E-state index in [2.05, 4.69) is 4.74 Å². The van der Waals surface area contributed by atoms with Crippen molar-refractivity contribution in [1.82, 2.24) is 0 Å². The molecular weight excluding hydrogens is 144 g/mol. The van der Waals surface area contributed by atoms with Crippen molar-refractivity contribution in [3.8, 4) is 0 Å². The Morgan fingerprint density at radius 2 is 2.00 bits per heavy atom. The summed E-state index contributed by atoms with van der Waals surface area (Å²) >= 11 is 0. The summed E-state index contributed by atoms with van der Waals surface area (Å²) in [6, 6.07) is 0. The van der Waals surface area contributed by atoms with E-state index in [1.165, 1.54) is 0 Å². The number of ether oxygens (including phenoxy) is 1. The summed E-state index contributed by atoms with van der Waals surface area (Å²) in [5.74, 6) is -3.26. The van der Waals surface area contributed by atoms with Gasteiger partial charge in [-0.25, -0.2) is 9.59 Å². The minimum atomic E-state index is -2.29. The zero-order valence-corrected chi connectivity index (χ0v) is 4.68. The molecule has 2 N–H and O–H groups in total. The van der Waals surface area contributed by atoms with Crippen molar-refractivity contribution in [3.63, 3.8) is 0 Å². The van der Waals surface area contributed by atoms with Crippen LogP contribution in [0.5, 0.6) is 0 Å². The molecule has 0 amide bonds. The van der Waals surface area contributed by atoms with E-state index >= 15 is 0 Å². The standard InChI is InChI=1S/C4H4O6/c5-1-10-4(9)2(6)3(7)8/h1-2,6H,(H,7,8). The van der Waals surface area contributed by atoms with E-state index in [1.54, 1.807) is 0 Å². The molecule has 1 unspecified atom stereocenters. The third-order valence-corrected chi connectivity index (χ3v) is 0.621. The first-order valence-corrected chi connectivity index (χ1v) is 2.14. The first-order chi connectivity index (χ1) is 4.59. The Morgan fingerprint density at radius 1 is 1.50 bits per heavy atom. The summed E-state index contributed by atoms with van der Waals surface area (Å²) in [6.45, 7) is -0.255. The Bertz CT molecular complexity index is 161. The van der Waals surface area contributed by atoms with Gasteiger partial charge in [0.05, 0.1) is 0 Å². The van der Waals surface area contributed by atoms with Gasteiger partial charge in [-0.2, -0.15) is 0 Å². The van der Waals surface area contributed by atoms with Crippen LogP contribution >= 0.6 is 0 Å². The normalized spacial score (nSPS) is 11.7. The Kier molecular flexibility index (Phi) is 3.06. The first-order valence-electron chi connectivity index (χ1n) is 2.14. The molecule has 0 aromatic heterocycles. The maximum absolute atomic E-state index is 10.1. The predicted molar refractivity (Wildman–Crippen MR) is 25.8 cm³/mol. The lowest BCUT2D eigenvalue weighted by Gasteiger charge is -1.98. The van der Waals surface area contributed by atoms with Crippen LogP contribution in [0.1, 0.15) is 0 Å². The number of hydrogen-bond acceptors (Lipinski definition) is 5. The van der Waals surface area contributed by atoms with Crippen LogP contribution in [-0.2, 0) is 19.1 Å². The van der Waals surface area contributed by atoms with Gasteiger partial charge in [0.2, 0.25) is 6.10 Å². The number of carbonyl (C=O) groups excluding carboxylic acids is 2. The highest BCUT2D eigenvalue weighted by atomic mass is 16.6. The smallest absolute Gasteiger partial charge is 0.354 e. The van der Waals surface area contributed by atoms with Crippen LogP contribution in [0.25, 0.3) is 0 Å². The highest BCUT2D eigenvalue weighted by molar-refractivity contribution is 5.98. The van der Waals surface area contributed by atoms with E-state index in [9.17, 15) is 14.4 Å². The number of rotatable bonds is 3. The number of carbonyl (C=O) groups is 3. The van der Waals surface area contributed by atoms with Crippen LogP contribution in [0.3, 0.4) is 0 Å². The molecule has 0 aromatic rings. The molecule has 6 heteroatoms. The molecule has 0 bridgehead atoms. The van der Waals surface area contributed by atoms with Crippen LogP contribution in [-0.4, -0.2) is 34.7 Å². The SMILES string of the molecule is O=COC(=O)C(O)C(=O)O. The third-order valence-electron chi connectivity index (χ3n) is 0.621. The van der Waals surface area contributed by atoms with E-state index in [0.29, 0.717) is 0 Å². The molecule has 1 atom stereocenters. The summed E-state index contributed by atoms with van der Waals surface area (Å²) in [4.78, 5) is 29.2. The van der Waals surface area contributed by atoms with Gasteiger partial charge in [-0.15, -0.1) is 0 Å². The largest absolute Gasteiger partial charge is 0.479 e. The molecule has 0 aliphatic heterocycles. The molecule has 0 radical (unpaired) electrons. The van der Waals surface area contributed by atoms with Gasteiger partial charge in [-0.1, -0.05) is 0 Å². The molecule has 56 valence electrons. The van der Waals surface area contributed by atoms with Crippen LogP contribution < -0.4 is 0 Å². The predicted octanol–water partition coefficient (Wildman–Crippen LogP) is -1.87. The molecule has 0 saturated heterocycles. The van der Waals surface area contributed by atoms with Gasteiger partial charge in [0.15, 0.2) is 0 Å². The van der Waals surface area contributed by atoms with Gasteiger partial charge in [-0.05, 0) is 0 Å². The van der Waals surface area contributed by atoms with E-state index in [0.717, 1.165) is 0 Å². The second-order valence-corrected chi connectivity index (χ2v) is 1.27. The van der Waals surface area contributed by atoms with Crippen molar-refractivity contribution in [2.24, 2.45) is 0 Å². The summed E-state index contributed by atoms with van der Waals surface area (Å²) in [5, 5.41) is 16.2. The molecule has 0 aliphatic carbocycles. The minimum absolute atomic E-state index is 0.255. The fraction of sp³-hybridized carbons (Fsp3) is 0.250. The third kappa shape index (κ3) is 2.23. The lowest BCUT2D eigenvalue weighted by molar-refractivity contribution is -0.166. The molecule has 10 heavy (non-hydrogen) atoms. The van der Waals surface area contributed by atoms with Crippen molar-refractivity contribution in [1.29, 1.82) is 0 Å². The molecule has 0 spiro atoms. The zero-order chi connectivity index (χ0) is 8.15. The van der Waals surface area contributed by atoms with E-state index in [4.69, 9.17) is 10.2 Å². The summed E-state index contributed by atoms with van der Waals surface area (Å²) < 4.78 is 3.51. The average molecular weight is 148 g/mol. The molecule has 6 nitrogen and oxygen atoms in total. The quantitative estimate of drug-likeness (QED) is 0.276. The highest BCUT2D eigenvalue weighted by Crippen LogP contribution is 1.85.